The quantitative estimate of drug-likeness (QED) is 0.862. The molecule has 0 radical (unpaired) electrons. The van der Waals surface area contributed by atoms with E-state index >= 15 is 0 Å². The minimum atomic E-state index is 0.358. The second-order valence-corrected chi connectivity index (χ2v) is 6.57. The van der Waals surface area contributed by atoms with Crippen LogP contribution in [0.5, 0.6) is 0 Å². The summed E-state index contributed by atoms with van der Waals surface area (Å²) < 4.78 is 0. The third-order valence-electron chi connectivity index (χ3n) is 3.00. The molecule has 2 aromatic rings. The Bertz CT molecular complexity index is 496. The molecule has 0 aliphatic heterocycles. The zero-order valence-electron chi connectivity index (χ0n) is 10.8. The summed E-state index contributed by atoms with van der Waals surface area (Å²) in [5, 5.41) is 8.11. The summed E-state index contributed by atoms with van der Waals surface area (Å²) in [6.07, 6.45) is 0. The third kappa shape index (κ3) is 2.62. The van der Waals surface area contributed by atoms with Gasteiger partial charge in [-0.2, -0.15) is 11.3 Å². The fourth-order valence-electron chi connectivity index (χ4n) is 2.19. The van der Waals surface area contributed by atoms with Crippen LogP contribution in [0.2, 0.25) is 0 Å². The first-order chi connectivity index (χ1) is 8.13. The van der Waals surface area contributed by atoms with Crippen LogP contribution in [0.25, 0.3) is 0 Å². The van der Waals surface area contributed by atoms with E-state index < -0.39 is 0 Å². The van der Waals surface area contributed by atoms with Gasteiger partial charge in [-0.3, -0.25) is 0 Å². The van der Waals surface area contributed by atoms with Crippen molar-refractivity contribution in [3.05, 3.63) is 43.3 Å². The number of rotatable bonds is 4. The van der Waals surface area contributed by atoms with Gasteiger partial charge < -0.3 is 5.32 Å². The van der Waals surface area contributed by atoms with E-state index in [0.29, 0.717) is 6.04 Å². The van der Waals surface area contributed by atoms with Crippen LogP contribution in [-0.4, -0.2) is 6.54 Å². The number of hydrogen-bond acceptors (Lipinski definition) is 3. The zero-order chi connectivity index (χ0) is 12.4. The van der Waals surface area contributed by atoms with Crippen molar-refractivity contribution in [2.75, 3.05) is 6.54 Å². The number of aryl methyl sites for hydroxylation is 3. The number of hydrogen-bond donors (Lipinski definition) is 1. The molecule has 1 N–H and O–H groups in total. The van der Waals surface area contributed by atoms with Gasteiger partial charge in [0.15, 0.2) is 0 Å². The summed E-state index contributed by atoms with van der Waals surface area (Å²) in [5.41, 5.74) is 4.26. The summed E-state index contributed by atoms with van der Waals surface area (Å²) in [5.74, 6) is 0. The van der Waals surface area contributed by atoms with Gasteiger partial charge >= 0.3 is 0 Å². The first-order valence-electron chi connectivity index (χ1n) is 5.96. The van der Waals surface area contributed by atoms with Crippen LogP contribution >= 0.6 is 22.7 Å². The highest BCUT2D eigenvalue weighted by Gasteiger charge is 2.19. The topological polar surface area (TPSA) is 12.0 Å². The molecule has 2 aromatic heterocycles. The molecule has 0 bridgehead atoms. The monoisotopic (exact) mass is 265 g/mol. The molecule has 2 rings (SSSR count). The molecule has 0 aliphatic rings. The first kappa shape index (κ1) is 12.8. The lowest BCUT2D eigenvalue weighted by molar-refractivity contribution is 0.629. The molecule has 17 heavy (non-hydrogen) atoms. The van der Waals surface area contributed by atoms with Gasteiger partial charge in [0.1, 0.15) is 0 Å². The molecule has 0 spiro atoms. The molecule has 0 saturated heterocycles. The molecule has 0 aromatic carbocycles. The van der Waals surface area contributed by atoms with Gasteiger partial charge in [-0.1, -0.05) is 6.92 Å². The van der Waals surface area contributed by atoms with E-state index in [9.17, 15) is 0 Å². The van der Waals surface area contributed by atoms with Gasteiger partial charge in [-0.15, -0.1) is 11.3 Å². The van der Waals surface area contributed by atoms with E-state index in [1.54, 1.807) is 11.3 Å². The smallest absolute Gasteiger partial charge is 0.0598 e. The molecule has 0 saturated carbocycles. The van der Waals surface area contributed by atoms with Crippen molar-refractivity contribution in [2.45, 2.75) is 33.7 Å². The Morgan fingerprint density at radius 1 is 1.18 bits per heavy atom. The molecular weight excluding hydrogens is 246 g/mol. The minimum Gasteiger partial charge on any atom is -0.306 e. The number of thiophene rings is 2. The Balaban J connectivity index is 2.42. The lowest BCUT2D eigenvalue weighted by Gasteiger charge is -2.18. The van der Waals surface area contributed by atoms with Crippen LogP contribution in [0.1, 0.15) is 39.4 Å². The van der Waals surface area contributed by atoms with Gasteiger partial charge in [0.2, 0.25) is 0 Å². The molecular formula is C14H19NS2. The summed E-state index contributed by atoms with van der Waals surface area (Å²) in [4.78, 5) is 2.83. The van der Waals surface area contributed by atoms with Gasteiger partial charge in [0.25, 0.3) is 0 Å². The minimum absolute atomic E-state index is 0.358. The Morgan fingerprint density at radius 2 is 1.94 bits per heavy atom. The van der Waals surface area contributed by atoms with E-state index in [1.165, 1.54) is 26.4 Å². The van der Waals surface area contributed by atoms with Gasteiger partial charge in [-0.25, -0.2) is 0 Å². The van der Waals surface area contributed by atoms with E-state index in [4.69, 9.17) is 0 Å². The van der Waals surface area contributed by atoms with Crippen LogP contribution in [-0.2, 0) is 0 Å². The zero-order valence-corrected chi connectivity index (χ0v) is 12.5. The van der Waals surface area contributed by atoms with Crippen LogP contribution in [0.15, 0.2) is 16.8 Å². The summed E-state index contributed by atoms with van der Waals surface area (Å²) in [6, 6.07) is 2.68. The van der Waals surface area contributed by atoms with Crippen LogP contribution in [0.3, 0.4) is 0 Å². The van der Waals surface area contributed by atoms with Crippen molar-refractivity contribution in [2.24, 2.45) is 0 Å². The van der Waals surface area contributed by atoms with E-state index in [2.05, 4.69) is 49.8 Å². The van der Waals surface area contributed by atoms with Crippen molar-refractivity contribution >= 4 is 22.7 Å². The van der Waals surface area contributed by atoms with Crippen LogP contribution in [0.4, 0.5) is 0 Å². The highest BCUT2D eigenvalue weighted by atomic mass is 32.1. The second-order valence-electron chi connectivity index (χ2n) is 4.37. The predicted molar refractivity (Wildman–Crippen MR) is 78.4 cm³/mol. The van der Waals surface area contributed by atoms with Crippen molar-refractivity contribution in [3.63, 3.8) is 0 Å². The maximum Gasteiger partial charge on any atom is 0.0598 e. The predicted octanol–water partition coefficient (Wildman–Crippen LogP) is 4.43. The van der Waals surface area contributed by atoms with E-state index in [0.717, 1.165) is 6.54 Å². The highest BCUT2D eigenvalue weighted by Crippen LogP contribution is 2.33. The van der Waals surface area contributed by atoms with Gasteiger partial charge in [-0.05, 0) is 60.8 Å². The Hall–Kier alpha value is -0.640. The molecule has 0 fully saturated rings. The van der Waals surface area contributed by atoms with E-state index in [-0.39, 0.29) is 0 Å². The molecule has 1 nitrogen and oxygen atoms in total. The lowest BCUT2D eigenvalue weighted by Crippen LogP contribution is -2.22. The maximum atomic E-state index is 3.61. The molecule has 0 amide bonds. The summed E-state index contributed by atoms with van der Waals surface area (Å²) in [6.45, 7) is 9.77. The molecule has 3 heteroatoms. The van der Waals surface area contributed by atoms with Crippen molar-refractivity contribution in [1.29, 1.82) is 0 Å². The highest BCUT2D eigenvalue weighted by molar-refractivity contribution is 7.12. The van der Waals surface area contributed by atoms with Crippen LogP contribution in [0, 0.1) is 20.8 Å². The lowest BCUT2D eigenvalue weighted by atomic mass is 9.99. The maximum absolute atomic E-state index is 3.61. The Kier molecular flexibility index (Phi) is 4.02. The Labute approximate surface area is 112 Å². The van der Waals surface area contributed by atoms with E-state index in [1.807, 2.05) is 11.3 Å². The third-order valence-corrected chi connectivity index (χ3v) is 4.87. The summed E-state index contributed by atoms with van der Waals surface area (Å²) in [7, 11) is 0. The van der Waals surface area contributed by atoms with Crippen LogP contribution < -0.4 is 5.32 Å². The fourth-order valence-corrected chi connectivity index (χ4v) is 4.04. The summed E-state index contributed by atoms with van der Waals surface area (Å²) >= 11 is 3.68. The average molecular weight is 265 g/mol. The fraction of sp³-hybridized carbons (Fsp3) is 0.429. The molecule has 2 heterocycles. The Morgan fingerprint density at radius 3 is 2.41 bits per heavy atom. The molecule has 1 atom stereocenters. The average Bonchev–Trinajstić information content (AvgIpc) is 2.82. The van der Waals surface area contributed by atoms with Crippen molar-refractivity contribution in [3.8, 4) is 0 Å². The first-order valence-corrected chi connectivity index (χ1v) is 7.72. The van der Waals surface area contributed by atoms with Gasteiger partial charge in [0, 0.05) is 9.75 Å². The van der Waals surface area contributed by atoms with Gasteiger partial charge in [0.05, 0.1) is 6.04 Å². The second kappa shape index (κ2) is 5.34. The molecule has 0 aliphatic carbocycles. The van der Waals surface area contributed by atoms with Crippen molar-refractivity contribution < 1.29 is 0 Å². The largest absolute Gasteiger partial charge is 0.306 e. The standard InChI is InChI=1S/C14H19NS2/c1-5-15-14(13-8-16-7-9(13)2)12-6-10(3)17-11(12)4/h6-8,14-15H,5H2,1-4H3. The normalized spacial score (nSPS) is 12.9. The van der Waals surface area contributed by atoms with Crippen molar-refractivity contribution in [1.82, 2.24) is 5.32 Å². The molecule has 1 unspecified atom stereocenters. The molecule has 92 valence electrons. The number of nitrogens with one attached hydrogen (secondary N) is 1. The SMILES string of the molecule is CCNC(c1cscc1C)c1cc(C)sc1C.